The monoisotopic (exact) mass is 481 g/mol. The van der Waals surface area contributed by atoms with Crippen LogP contribution in [0.3, 0.4) is 0 Å². The molecule has 1 aliphatic heterocycles. The zero-order chi connectivity index (χ0) is 25.6. The predicted octanol–water partition coefficient (Wildman–Crippen LogP) is 6.85. The van der Waals surface area contributed by atoms with Gasteiger partial charge in [-0.3, -0.25) is 0 Å². The topological polar surface area (TPSA) is 98.4 Å². The first-order valence-corrected chi connectivity index (χ1v) is 12.1. The SMILES string of the molecule is CN1c2ccccc2C(C)(C)c2cc(C=C3C(=C(C#N)C#N)c4ccccc4C3=C(C#N)C#N)sc21. The zero-order valence-corrected chi connectivity index (χ0v) is 20.7. The number of rotatable bonds is 1. The Bertz CT molecular complexity index is 1610. The number of hydrogen-bond donors (Lipinski definition) is 0. The van der Waals surface area contributed by atoms with Crippen molar-refractivity contribution in [2.75, 3.05) is 11.9 Å². The summed E-state index contributed by atoms with van der Waals surface area (Å²) >= 11 is 1.61. The zero-order valence-electron chi connectivity index (χ0n) is 19.9. The molecule has 0 saturated heterocycles. The van der Waals surface area contributed by atoms with E-state index < -0.39 is 0 Å². The van der Waals surface area contributed by atoms with Crippen molar-refractivity contribution in [3.8, 4) is 24.3 Å². The molecule has 5 nitrogen and oxygen atoms in total. The lowest BCUT2D eigenvalue weighted by Crippen LogP contribution is -2.29. The van der Waals surface area contributed by atoms with Crippen LogP contribution in [0.1, 0.15) is 41.0 Å². The Morgan fingerprint density at radius 3 is 1.89 bits per heavy atom. The summed E-state index contributed by atoms with van der Waals surface area (Å²) in [5, 5.41) is 40.2. The van der Waals surface area contributed by atoms with Crippen LogP contribution in [0.4, 0.5) is 10.7 Å². The quantitative estimate of drug-likeness (QED) is 0.354. The second-order valence-corrected chi connectivity index (χ2v) is 10.2. The van der Waals surface area contributed by atoms with E-state index in [-0.39, 0.29) is 16.6 Å². The molecular formula is C30H19N5S. The van der Waals surface area contributed by atoms with Crippen molar-refractivity contribution in [3.63, 3.8) is 0 Å². The van der Waals surface area contributed by atoms with Crippen LogP contribution in [0.5, 0.6) is 0 Å². The van der Waals surface area contributed by atoms with Crippen molar-refractivity contribution in [2.45, 2.75) is 19.3 Å². The van der Waals surface area contributed by atoms with E-state index in [1.54, 1.807) is 11.3 Å². The van der Waals surface area contributed by atoms with E-state index in [9.17, 15) is 21.0 Å². The van der Waals surface area contributed by atoms with Crippen molar-refractivity contribution in [1.29, 1.82) is 21.0 Å². The largest absolute Gasteiger partial charge is 0.336 e. The average molecular weight is 482 g/mol. The normalized spacial score (nSPS) is 14.4. The number of allylic oxidation sites excluding steroid dienone is 5. The number of anilines is 2. The van der Waals surface area contributed by atoms with Gasteiger partial charge in [0.2, 0.25) is 0 Å². The number of thiophene rings is 1. The summed E-state index contributed by atoms with van der Waals surface area (Å²) in [5.74, 6) is 0. The van der Waals surface area contributed by atoms with Crippen molar-refractivity contribution >= 4 is 39.2 Å². The van der Waals surface area contributed by atoms with Crippen LogP contribution < -0.4 is 4.90 Å². The molecule has 1 aromatic heterocycles. The Labute approximate surface area is 214 Å². The summed E-state index contributed by atoms with van der Waals surface area (Å²) in [6.07, 6.45) is 1.91. The van der Waals surface area contributed by atoms with Gasteiger partial charge in [0.25, 0.3) is 0 Å². The summed E-state index contributed by atoms with van der Waals surface area (Å²) in [6, 6.07) is 25.8. The Hall–Kier alpha value is -4.88. The van der Waals surface area contributed by atoms with Crippen LogP contribution >= 0.6 is 11.3 Å². The molecule has 0 N–H and O–H groups in total. The molecule has 1 aliphatic carbocycles. The van der Waals surface area contributed by atoms with Crippen LogP contribution in [0.25, 0.3) is 17.2 Å². The summed E-state index contributed by atoms with van der Waals surface area (Å²) in [7, 11) is 2.05. The molecule has 5 rings (SSSR count). The maximum Gasteiger partial charge on any atom is 0.138 e. The Kier molecular flexibility index (Phi) is 5.35. The fraction of sp³-hybridized carbons (Fsp3) is 0.133. The molecule has 0 amide bonds. The summed E-state index contributed by atoms with van der Waals surface area (Å²) < 4.78 is 0. The van der Waals surface area contributed by atoms with Crippen LogP contribution in [-0.4, -0.2) is 7.05 Å². The van der Waals surface area contributed by atoms with Gasteiger partial charge in [0.15, 0.2) is 0 Å². The number of para-hydroxylation sites is 1. The first kappa shape index (κ1) is 22.9. The van der Waals surface area contributed by atoms with Gasteiger partial charge in [-0.15, -0.1) is 11.3 Å². The highest BCUT2D eigenvalue weighted by Gasteiger charge is 2.37. The van der Waals surface area contributed by atoms with Gasteiger partial charge in [0.05, 0.1) is 5.00 Å². The van der Waals surface area contributed by atoms with Crippen LogP contribution in [0, 0.1) is 45.3 Å². The van der Waals surface area contributed by atoms with Crippen LogP contribution in [0.15, 0.2) is 71.3 Å². The fourth-order valence-electron chi connectivity index (χ4n) is 5.15. The predicted molar refractivity (Wildman–Crippen MR) is 142 cm³/mol. The van der Waals surface area contributed by atoms with E-state index in [1.165, 1.54) is 11.1 Å². The molecule has 2 aliphatic rings. The van der Waals surface area contributed by atoms with Crippen molar-refractivity contribution in [2.24, 2.45) is 0 Å². The molecular weight excluding hydrogens is 462 g/mol. The Balaban J connectivity index is 1.80. The number of nitrogens with zero attached hydrogens (tertiary/aromatic N) is 5. The molecule has 6 heteroatoms. The Morgan fingerprint density at radius 2 is 1.33 bits per heavy atom. The lowest BCUT2D eigenvalue weighted by molar-refractivity contribution is 0.633. The van der Waals surface area contributed by atoms with E-state index in [0.717, 1.165) is 15.6 Å². The third-order valence-electron chi connectivity index (χ3n) is 6.89. The molecule has 0 unspecified atom stereocenters. The van der Waals surface area contributed by atoms with Gasteiger partial charge in [-0.1, -0.05) is 56.3 Å². The number of fused-ring (bicyclic) bond motifs is 3. The van der Waals surface area contributed by atoms with Crippen molar-refractivity contribution in [3.05, 3.63) is 98.4 Å². The second kappa shape index (κ2) is 8.41. The maximum absolute atomic E-state index is 9.76. The van der Waals surface area contributed by atoms with Crippen LogP contribution in [-0.2, 0) is 5.41 Å². The first-order chi connectivity index (χ1) is 17.4. The summed E-state index contributed by atoms with van der Waals surface area (Å²) in [4.78, 5) is 3.10. The van der Waals surface area contributed by atoms with Gasteiger partial charge in [-0.05, 0) is 46.0 Å². The third-order valence-corrected chi connectivity index (χ3v) is 8.05. The smallest absolute Gasteiger partial charge is 0.138 e. The summed E-state index contributed by atoms with van der Waals surface area (Å²) in [6.45, 7) is 4.41. The van der Waals surface area contributed by atoms with Gasteiger partial charge >= 0.3 is 0 Å². The molecule has 0 radical (unpaired) electrons. The van der Waals surface area contributed by atoms with Gasteiger partial charge < -0.3 is 4.90 Å². The number of nitriles is 4. The molecule has 0 spiro atoms. The molecule has 2 heterocycles. The van der Waals surface area contributed by atoms with E-state index in [0.29, 0.717) is 27.8 Å². The second-order valence-electron chi connectivity index (χ2n) is 9.12. The van der Waals surface area contributed by atoms with Gasteiger partial charge in [0.1, 0.15) is 35.4 Å². The average Bonchev–Trinajstić information content (AvgIpc) is 3.46. The molecule has 0 atom stereocenters. The molecule has 0 fully saturated rings. The molecule has 170 valence electrons. The van der Waals surface area contributed by atoms with Gasteiger partial charge in [0, 0.05) is 34.2 Å². The maximum atomic E-state index is 9.76. The molecule has 0 saturated carbocycles. The molecule has 0 bridgehead atoms. The highest BCUT2D eigenvalue weighted by molar-refractivity contribution is 7.17. The fourth-order valence-corrected chi connectivity index (χ4v) is 6.39. The highest BCUT2D eigenvalue weighted by atomic mass is 32.1. The molecule has 2 aromatic carbocycles. The summed E-state index contributed by atoms with van der Waals surface area (Å²) in [5.41, 5.74) is 6.03. The van der Waals surface area contributed by atoms with Crippen molar-refractivity contribution < 1.29 is 0 Å². The van der Waals surface area contributed by atoms with Gasteiger partial charge in [-0.25, -0.2) is 0 Å². The van der Waals surface area contributed by atoms with E-state index in [1.807, 2.05) is 60.7 Å². The van der Waals surface area contributed by atoms with E-state index in [2.05, 4.69) is 50.1 Å². The Morgan fingerprint density at radius 1 is 0.806 bits per heavy atom. The lowest BCUT2D eigenvalue weighted by atomic mass is 9.75. The van der Waals surface area contributed by atoms with Crippen molar-refractivity contribution in [1.82, 2.24) is 0 Å². The molecule has 3 aromatic rings. The van der Waals surface area contributed by atoms with E-state index >= 15 is 0 Å². The van der Waals surface area contributed by atoms with E-state index in [4.69, 9.17) is 0 Å². The number of hydrogen-bond acceptors (Lipinski definition) is 6. The first-order valence-electron chi connectivity index (χ1n) is 11.3. The molecule has 36 heavy (non-hydrogen) atoms. The highest BCUT2D eigenvalue weighted by Crippen LogP contribution is 2.53. The minimum atomic E-state index is -0.226. The third kappa shape index (κ3) is 3.18. The standard InChI is InChI=1S/C30H19N5S/c1-30(2)24-10-6-7-11-26(24)35(3)29-25(30)13-20(36-29)12-23-27(18(14-31)15-32)21-8-4-5-9-22(21)28(23)19(16-33)17-34/h4-13H,1-3H3. The number of benzene rings is 2. The minimum absolute atomic E-state index is 0.0508. The lowest BCUT2D eigenvalue weighted by Gasteiger charge is -2.38. The minimum Gasteiger partial charge on any atom is -0.336 e. The van der Waals surface area contributed by atoms with Crippen LogP contribution in [0.2, 0.25) is 0 Å². The van der Waals surface area contributed by atoms with Gasteiger partial charge in [-0.2, -0.15) is 21.0 Å².